The normalized spacial score (nSPS) is 15.7. The van der Waals surface area contributed by atoms with E-state index in [4.69, 9.17) is 34.8 Å². The Bertz CT molecular complexity index is 1520. The summed E-state index contributed by atoms with van der Waals surface area (Å²) in [5.74, 6) is -0.407. The van der Waals surface area contributed by atoms with Crippen molar-refractivity contribution in [2.45, 2.75) is 45.7 Å². The van der Waals surface area contributed by atoms with Crippen LogP contribution in [0.15, 0.2) is 36.5 Å². The lowest BCUT2D eigenvalue weighted by Crippen LogP contribution is -2.52. The van der Waals surface area contributed by atoms with E-state index >= 15 is 0 Å². The van der Waals surface area contributed by atoms with Gasteiger partial charge in [0.15, 0.2) is 0 Å². The number of piperazine rings is 1. The maximum atomic E-state index is 13.6. The number of aromatic nitrogens is 3. The van der Waals surface area contributed by atoms with Gasteiger partial charge in [0.05, 0.1) is 33.5 Å². The van der Waals surface area contributed by atoms with E-state index in [1.54, 1.807) is 39.1 Å². The molecule has 0 radical (unpaired) electrons. The number of anilines is 1. The van der Waals surface area contributed by atoms with Crippen molar-refractivity contribution in [1.82, 2.24) is 30.1 Å². The number of hydrogen-bond donors (Lipinski definition) is 1. The topological polar surface area (TPSA) is 104 Å². The van der Waals surface area contributed by atoms with Crippen LogP contribution in [-0.4, -0.2) is 74.4 Å². The molecule has 0 aliphatic carbocycles. The number of rotatable bonds is 4. The Morgan fingerprint density at radius 1 is 1.00 bits per heavy atom. The summed E-state index contributed by atoms with van der Waals surface area (Å²) in [6, 6.07) is 8.37. The molecule has 1 fully saturated rings. The third kappa shape index (κ3) is 6.29. The quantitative estimate of drug-likeness (QED) is 0.416. The van der Waals surface area contributed by atoms with Crippen molar-refractivity contribution in [2.75, 3.05) is 31.1 Å². The highest BCUT2D eigenvalue weighted by Crippen LogP contribution is 2.32. The van der Waals surface area contributed by atoms with Crippen molar-refractivity contribution in [2.24, 2.45) is 0 Å². The van der Waals surface area contributed by atoms with Crippen molar-refractivity contribution < 1.29 is 14.4 Å². The number of carbonyl (C=O) groups is 3. The number of urea groups is 1. The highest BCUT2D eigenvalue weighted by Gasteiger charge is 2.32. The van der Waals surface area contributed by atoms with E-state index in [1.165, 1.54) is 10.7 Å². The Labute approximate surface area is 253 Å². The number of nitrogens with zero attached hydrogens (tertiary/aromatic N) is 6. The molecule has 2 aliphatic rings. The molecule has 10 nitrogen and oxygen atoms in total. The summed E-state index contributed by atoms with van der Waals surface area (Å²) in [5, 5.41) is 12.3. The van der Waals surface area contributed by atoms with Gasteiger partial charge in [-0.3, -0.25) is 14.5 Å². The minimum atomic E-state index is -0.382. The first-order valence-corrected chi connectivity index (χ1v) is 14.4. The number of nitrogens with one attached hydrogen (secondary N) is 1. The molecule has 0 saturated carbocycles. The number of fused-ring (bicyclic) bond motifs is 1. The Kier molecular flexibility index (Phi) is 8.18. The van der Waals surface area contributed by atoms with Gasteiger partial charge in [-0.15, -0.1) is 5.10 Å². The maximum absolute atomic E-state index is 13.6. The molecular formula is C28H30Cl3N7O3. The molecule has 41 heavy (non-hydrogen) atoms. The summed E-state index contributed by atoms with van der Waals surface area (Å²) in [7, 11) is 0. The van der Waals surface area contributed by atoms with Crippen LogP contribution in [0.3, 0.4) is 0 Å². The molecule has 216 valence electrons. The van der Waals surface area contributed by atoms with E-state index in [-0.39, 0.29) is 36.5 Å². The molecule has 1 N–H and O–H groups in total. The number of amides is 4. The molecule has 1 aromatic heterocycles. The second-order valence-corrected chi connectivity index (χ2v) is 12.4. The van der Waals surface area contributed by atoms with Gasteiger partial charge in [-0.25, -0.2) is 9.48 Å². The van der Waals surface area contributed by atoms with Crippen LogP contribution in [0.4, 0.5) is 10.5 Å². The highest BCUT2D eigenvalue weighted by atomic mass is 35.5. The summed E-state index contributed by atoms with van der Waals surface area (Å²) in [4.78, 5) is 44.6. The SMILES string of the molecule is CC(C)(C)NC(=O)N1CCCc2c(C(=O)N3CCN(Cc4cn(-c5cc(Cl)c(Cl)cc5Cl)nn4)C(=O)C3)cccc21. The summed E-state index contributed by atoms with van der Waals surface area (Å²) in [6.07, 6.45) is 3.10. The zero-order chi connectivity index (χ0) is 29.5. The van der Waals surface area contributed by atoms with E-state index in [2.05, 4.69) is 15.6 Å². The number of carbonyl (C=O) groups excluding carboxylic acids is 3. The van der Waals surface area contributed by atoms with Gasteiger partial charge >= 0.3 is 6.03 Å². The lowest BCUT2D eigenvalue weighted by Gasteiger charge is -2.36. The van der Waals surface area contributed by atoms with Crippen LogP contribution in [0.2, 0.25) is 15.1 Å². The average molecular weight is 619 g/mol. The summed E-state index contributed by atoms with van der Waals surface area (Å²) in [5.41, 5.74) is 2.79. The fourth-order valence-electron chi connectivity index (χ4n) is 5.02. The smallest absolute Gasteiger partial charge is 0.322 e. The first-order chi connectivity index (χ1) is 19.4. The predicted molar refractivity (Wildman–Crippen MR) is 158 cm³/mol. The van der Waals surface area contributed by atoms with Crippen LogP contribution in [0.5, 0.6) is 0 Å². The van der Waals surface area contributed by atoms with Gasteiger partial charge in [0, 0.05) is 36.4 Å². The number of halogens is 3. The zero-order valence-corrected chi connectivity index (χ0v) is 25.2. The van der Waals surface area contributed by atoms with Crippen LogP contribution >= 0.6 is 34.8 Å². The van der Waals surface area contributed by atoms with Crippen LogP contribution in [0.25, 0.3) is 5.69 Å². The minimum Gasteiger partial charge on any atom is -0.333 e. The van der Waals surface area contributed by atoms with Gasteiger partial charge in [0.1, 0.15) is 12.2 Å². The molecule has 0 bridgehead atoms. The summed E-state index contributed by atoms with van der Waals surface area (Å²) < 4.78 is 1.48. The fraction of sp³-hybridized carbons (Fsp3) is 0.393. The molecule has 5 rings (SSSR count). The van der Waals surface area contributed by atoms with Gasteiger partial charge < -0.3 is 15.1 Å². The zero-order valence-electron chi connectivity index (χ0n) is 23.0. The van der Waals surface area contributed by atoms with Crippen molar-refractivity contribution in [1.29, 1.82) is 0 Å². The molecule has 1 saturated heterocycles. The highest BCUT2D eigenvalue weighted by molar-refractivity contribution is 6.43. The van der Waals surface area contributed by atoms with Crippen molar-refractivity contribution in [3.8, 4) is 5.69 Å². The fourth-order valence-corrected chi connectivity index (χ4v) is 5.64. The van der Waals surface area contributed by atoms with E-state index < -0.39 is 0 Å². The minimum absolute atomic E-state index is 0.0521. The first kappa shape index (κ1) is 29.2. The van der Waals surface area contributed by atoms with Crippen molar-refractivity contribution in [3.05, 3.63) is 68.4 Å². The van der Waals surface area contributed by atoms with Gasteiger partial charge in [0.25, 0.3) is 5.91 Å². The third-order valence-electron chi connectivity index (χ3n) is 6.94. The van der Waals surface area contributed by atoms with Gasteiger partial charge in [-0.1, -0.05) is 46.1 Å². The largest absolute Gasteiger partial charge is 0.333 e. The molecule has 0 spiro atoms. The van der Waals surface area contributed by atoms with Crippen molar-refractivity contribution in [3.63, 3.8) is 0 Å². The van der Waals surface area contributed by atoms with Crippen LogP contribution < -0.4 is 10.2 Å². The molecule has 13 heteroatoms. The van der Waals surface area contributed by atoms with E-state index in [1.807, 2.05) is 26.8 Å². The molecule has 0 unspecified atom stereocenters. The standard InChI is InChI=1S/C28H30Cl3N7O3/c1-28(2,3)32-27(41)37-9-5-7-18-19(6-4-8-23(18)37)26(40)36-11-10-35(25(39)16-36)14-17-15-38(34-33-17)24-13-21(30)20(29)12-22(24)31/h4,6,8,12-13,15H,5,7,9-11,14,16H2,1-3H3,(H,32,41). The Morgan fingerprint density at radius 2 is 1.76 bits per heavy atom. The van der Waals surface area contributed by atoms with Crippen LogP contribution in [0, 0.1) is 0 Å². The molecule has 3 heterocycles. The third-order valence-corrected chi connectivity index (χ3v) is 7.97. The number of benzene rings is 2. The predicted octanol–water partition coefficient (Wildman–Crippen LogP) is 4.97. The van der Waals surface area contributed by atoms with Gasteiger partial charge in [-0.05, 0) is 63.4 Å². The average Bonchev–Trinajstić information content (AvgIpc) is 3.38. The van der Waals surface area contributed by atoms with Gasteiger partial charge in [0.2, 0.25) is 5.91 Å². The Morgan fingerprint density at radius 3 is 2.49 bits per heavy atom. The molecule has 4 amide bonds. The molecule has 0 atom stereocenters. The second kappa shape index (κ2) is 11.5. The van der Waals surface area contributed by atoms with Crippen molar-refractivity contribution >= 4 is 58.3 Å². The molecule has 3 aromatic rings. The molecule has 2 aromatic carbocycles. The van der Waals surface area contributed by atoms with Crippen LogP contribution in [0.1, 0.15) is 48.8 Å². The second-order valence-electron chi connectivity index (χ2n) is 11.2. The lowest BCUT2D eigenvalue weighted by molar-refractivity contribution is -0.135. The van der Waals surface area contributed by atoms with E-state index in [9.17, 15) is 14.4 Å². The molecule has 2 aliphatic heterocycles. The molecular weight excluding hydrogens is 589 g/mol. The van der Waals surface area contributed by atoms with Crippen LogP contribution in [-0.2, 0) is 17.8 Å². The number of hydrogen-bond acceptors (Lipinski definition) is 5. The Hall–Kier alpha value is -3.34. The maximum Gasteiger partial charge on any atom is 0.322 e. The Balaban J connectivity index is 1.26. The van der Waals surface area contributed by atoms with Gasteiger partial charge in [-0.2, -0.15) is 0 Å². The van der Waals surface area contributed by atoms with E-state index in [0.29, 0.717) is 58.1 Å². The first-order valence-electron chi connectivity index (χ1n) is 13.3. The summed E-state index contributed by atoms with van der Waals surface area (Å²) in [6.45, 7) is 7.27. The van der Waals surface area contributed by atoms with E-state index in [0.717, 1.165) is 17.7 Å². The lowest BCUT2D eigenvalue weighted by atomic mass is 9.95. The monoisotopic (exact) mass is 617 g/mol. The summed E-state index contributed by atoms with van der Waals surface area (Å²) >= 11 is 18.4.